The maximum atomic E-state index is 13.0. The van der Waals surface area contributed by atoms with Gasteiger partial charge in [-0.3, -0.25) is 4.79 Å². The summed E-state index contributed by atoms with van der Waals surface area (Å²) in [6.07, 6.45) is 2.90. The maximum Gasteiger partial charge on any atom is 0.311 e. The summed E-state index contributed by atoms with van der Waals surface area (Å²) in [5.74, 6) is -0.221. The quantitative estimate of drug-likeness (QED) is 0.614. The standard InChI is InChI=1S/C22H22FN3O2/c23-18-6-8-21(9-7-18)26-13-11-19(24-26)14-22(27)28-16-17-10-12-25(15-17)20-4-2-1-3-5-20/h1-9,11,13,17H,10,12,14-16H2/t17-/m0/s1. The number of aromatic nitrogens is 2. The second kappa shape index (κ2) is 8.25. The fraction of sp³-hybridized carbons (Fsp3) is 0.273. The molecule has 4 rings (SSSR count). The number of rotatable bonds is 6. The third-order valence-corrected chi connectivity index (χ3v) is 4.95. The highest BCUT2D eigenvalue weighted by Crippen LogP contribution is 2.23. The van der Waals surface area contributed by atoms with Crippen LogP contribution in [0.25, 0.3) is 5.69 Å². The molecule has 3 aromatic rings. The Hall–Kier alpha value is -3.15. The van der Waals surface area contributed by atoms with Crippen LogP contribution in [0.1, 0.15) is 12.1 Å². The van der Waals surface area contributed by atoms with Crippen LogP contribution < -0.4 is 4.90 Å². The molecule has 2 heterocycles. The van der Waals surface area contributed by atoms with E-state index >= 15 is 0 Å². The second-order valence-corrected chi connectivity index (χ2v) is 7.02. The van der Waals surface area contributed by atoms with Crippen LogP contribution in [0.2, 0.25) is 0 Å². The number of para-hydroxylation sites is 1. The van der Waals surface area contributed by atoms with Crippen LogP contribution in [0.5, 0.6) is 0 Å². The number of nitrogens with zero attached hydrogens (tertiary/aromatic N) is 3. The van der Waals surface area contributed by atoms with Crippen molar-refractivity contribution >= 4 is 11.7 Å². The summed E-state index contributed by atoms with van der Waals surface area (Å²) in [6.45, 7) is 2.31. The van der Waals surface area contributed by atoms with Crippen LogP contribution in [-0.2, 0) is 16.0 Å². The summed E-state index contributed by atoms with van der Waals surface area (Å²) in [6, 6.07) is 18.1. The first-order chi connectivity index (χ1) is 13.7. The van der Waals surface area contributed by atoms with Gasteiger partial charge in [-0.05, 0) is 48.9 Å². The Kier molecular flexibility index (Phi) is 5.37. The van der Waals surface area contributed by atoms with Crippen LogP contribution in [0.15, 0.2) is 66.9 Å². The molecular weight excluding hydrogens is 357 g/mol. The number of carbonyl (C=O) groups is 1. The van der Waals surface area contributed by atoms with Gasteiger partial charge in [-0.1, -0.05) is 18.2 Å². The van der Waals surface area contributed by atoms with Crippen molar-refractivity contribution in [3.8, 4) is 5.69 Å². The lowest BCUT2D eigenvalue weighted by Crippen LogP contribution is -2.22. The predicted molar refractivity (Wildman–Crippen MR) is 105 cm³/mol. The molecule has 0 aliphatic carbocycles. The zero-order valence-electron chi connectivity index (χ0n) is 15.5. The van der Waals surface area contributed by atoms with Gasteiger partial charge >= 0.3 is 5.97 Å². The molecule has 0 radical (unpaired) electrons. The molecule has 28 heavy (non-hydrogen) atoms. The summed E-state index contributed by atoms with van der Waals surface area (Å²) in [4.78, 5) is 14.5. The topological polar surface area (TPSA) is 47.4 Å². The number of esters is 1. The van der Waals surface area contributed by atoms with Crippen molar-refractivity contribution < 1.29 is 13.9 Å². The van der Waals surface area contributed by atoms with Crippen LogP contribution in [-0.4, -0.2) is 35.4 Å². The van der Waals surface area contributed by atoms with Gasteiger partial charge in [-0.25, -0.2) is 9.07 Å². The van der Waals surface area contributed by atoms with E-state index in [-0.39, 0.29) is 18.2 Å². The number of carbonyl (C=O) groups excluding carboxylic acids is 1. The number of benzene rings is 2. The first kappa shape index (κ1) is 18.2. The highest BCUT2D eigenvalue weighted by molar-refractivity contribution is 5.72. The van der Waals surface area contributed by atoms with Crippen molar-refractivity contribution in [3.05, 3.63) is 78.4 Å². The van der Waals surface area contributed by atoms with E-state index in [1.807, 2.05) is 18.2 Å². The summed E-state index contributed by atoms with van der Waals surface area (Å²) < 4.78 is 20.1. The van der Waals surface area contributed by atoms with E-state index in [9.17, 15) is 9.18 Å². The third kappa shape index (κ3) is 4.39. The largest absolute Gasteiger partial charge is 0.465 e. The van der Waals surface area contributed by atoms with Crippen molar-refractivity contribution in [1.29, 1.82) is 0 Å². The highest BCUT2D eigenvalue weighted by Gasteiger charge is 2.24. The Labute approximate surface area is 163 Å². The third-order valence-electron chi connectivity index (χ3n) is 4.95. The van der Waals surface area contributed by atoms with Gasteiger partial charge in [0.05, 0.1) is 24.4 Å². The molecule has 1 saturated heterocycles. The number of halogens is 1. The van der Waals surface area contributed by atoms with Crippen molar-refractivity contribution in [1.82, 2.24) is 9.78 Å². The minimum atomic E-state index is -0.294. The molecule has 0 bridgehead atoms. The molecule has 0 saturated carbocycles. The van der Waals surface area contributed by atoms with Crippen LogP contribution in [0.4, 0.5) is 10.1 Å². The molecule has 0 unspecified atom stereocenters. The Balaban J connectivity index is 1.26. The van der Waals surface area contributed by atoms with E-state index in [1.54, 1.807) is 29.1 Å². The number of hydrogen-bond acceptors (Lipinski definition) is 4. The first-order valence-electron chi connectivity index (χ1n) is 9.43. The SMILES string of the molecule is O=C(Cc1ccn(-c2ccc(F)cc2)n1)OC[C@H]1CCN(c2ccccc2)C1. The van der Waals surface area contributed by atoms with Crippen molar-refractivity contribution in [3.63, 3.8) is 0 Å². The first-order valence-corrected chi connectivity index (χ1v) is 9.43. The average molecular weight is 379 g/mol. The summed E-state index contributed by atoms with van der Waals surface area (Å²) in [7, 11) is 0. The molecule has 1 aliphatic heterocycles. The molecule has 1 fully saturated rings. The van der Waals surface area contributed by atoms with E-state index < -0.39 is 0 Å². The molecule has 0 spiro atoms. The zero-order chi connectivity index (χ0) is 19.3. The molecule has 0 N–H and O–H groups in total. The lowest BCUT2D eigenvalue weighted by atomic mass is 10.1. The molecule has 6 heteroatoms. The number of anilines is 1. The molecule has 1 aliphatic rings. The fourth-order valence-corrected chi connectivity index (χ4v) is 3.45. The van der Waals surface area contributed by atoms with Crippen molar-refractivity contribution in [2.45, 2.75) is 12.8 Å². The highest BCUT2D eigenvalue weighted by atomic mass is 19.1. The monoisotopic (exact) mass is 379 g/mol. The van der Waals surface area contributed by atoms with E-state index in [2.05, 4.69) is 22.1 Å². The molecule has 0 amide bonds. The minimum Gasteiger partial charge on any atom is -0.465 e. The number of hydrogen-bond donors (Lipinski definition) is 0. The molecule has 2 aromatic carbocycles. The molecule has 144 valence electrons. The van der Waals surface area contributed by atoms with Gasteiger partial charge in [0.15, 0.2) is 0 Å². The van der Waals surface area contributed by atoms with E-state index in [1.165, 1.54) is 17.8 Å². The van der Waals surface area contributed by atoms with Gasteiger partial charge < -0.3 is 9.64 Å². The molecule has 1 atom stereocenters. The van der Waals surface area contributed by atoms with E-state index in [4.69, 9.17) is 4.74 Å². The van der Waals surface area contributed by atoms with Gasteiger partial charge in [0.1, 0.15) is 5.82 Å². The summed E-state index contributed by atoms with van der Waals surface area (Å²) >= 11 is 0. The lowest BCUT2D eigenvalue weighted by molar-refractivity contribution is -0.144. The Morgan fingerprint density at radius 3 is 2.64 bits per heavy atom. The number of ether oxygens (including phenoxy) is 1. The smallest absolute Gasteiger partial charge is 0.311 e. The van der Waals surface area contributed by atoms with E-state index in [0.717, 1.165) is 25.2 Å². The van der Waals surface area contributed by atoms with Gasteiger partial charge in [-0.15, -0.1) is 0 Å². The Bertz CT molecular complexity index is 924. The normalized spacial score (nSPS) is 16.3. The molecular formula is C22H22FN3O2. The average Bonchev–Trinajstić information content (AvgIpc) is 3.37. The second-order valence-electron chi connectivity index (χ2n) is 7.02. The van der Waals surface area contributed by atoms with Gasteiger partial charge in [-0.2, -0.15) is 5.10 Å². The van der Waals surface area contributed by atoms with Crippen LogP contribution >= 0.6 is 0 Å². The molecule has 5 nitrogen and oxygen atoms in total. The molecule has 1 aromatic heterocycles. The van der Waals surface area contributed by atoms with Crippen molar-refractivity contribution in [2.75, 3.05) is 24.6 Å². The van der Waals surface area contributed by atoms with Crippen LogP contribution in [0.3, 0.4) is 0 Å². The predicted octanol–water partition coefficient (Wildman–Crippen LogP) is 3.62. The Morgan fingerprint density at radius 1 is 1.07 bits per heavy atom. The van der Waals surface area contributed by atoms with E-state index in [0.29, 0.717) is 18.2 Å². The minimum absolute atomic E-state index is 0.128. The Morgan fingerprint density at radius 2 is 1.86 bits per heavy atom. The fourth-order valence-electron chi connectivity index (χ4n) is 3.45. The van der Waals surface area contributed by atoms with Crippen molar-refractivity contribution in [2.24, 2.45) is 5.92 Å². The summed E-state index contributed by atoms with van der Waals surface area (Å²) in [5, 5.41) is 4.37. The lowest BCUT2D eigenvalue weighted by Gasteiger charge is -2.18. The van der Waals surface area contributed by atoms with Crippen LogP contribution in [0, 0.1) is 11.7 Å². The zero-order valence-corrected chi connectivity index (χ0v) is 15.5. The van der Waals surface area contributed by atoms with Gasteiger partial charge in [0.2, 0.25) is 0 Å². The maximum absolute atomic E-state index is 13.0. The van der Waals surface area contributed by atoms with Gasteiger partial charge in [0.25, 0.3) is 0 Å². The summed E-state index contributed by atoms with van der Waals surface area (Å²) in [5.41, 5.74) is 2.59. The van der Waals surface area contributed by atoms with Gasteiger partial charge in [0, 0.05) is 30.9 Å².